The van der Waals surface area contributed by atoms with E-state index in [9.17, 15) is 13.2 Å². The topological polar surface area (TPSA) is 60.4 Å². The van der Waals surface area contributed by atoms with Crippen LogP contribution in [0.15, 0.2) is 0 Å². The van der Waals surface area contributed by atoms with Crippen LogP contribution in [-0.4, -0.2) is 44.0 Å². The Bertz CT molecular complexity index is 298. The second kappa shape index (κ2) is 7.95. The Kier molecular flexibility index (Phi) is 7.83. The number of methoxy groups -OCH3 is 1. The SMILES string of the molecule is CCS(=O)(=O)CCCSC(C)CC(=O)OC. The fraction of sp³-hybridized carbons (Fsp3) is 0.900. The molecule has 0 N–H and O–H groups in total. The fourth-order valence-corrected chi connectivity index (χ4v) is 3.11. The minimum Gasteiger partial charge on any atom is -0.469 e. The second-order valence-electron chi connectivity index (χ2n) is 3.55. The number of sulfone groups is 1. The third-order valence-corrected chi connectivity index (χ3v) is 5.17. The Hall–Kier alpha value is -0.230. The molecule has 0 radical (unpaired) electrons. The Morgan fingerprint density at radius 3 is 2.56 bits per heavy atom. The predicted octanol–water partition coefficient (Wildman–Crippen LogP) is 1.50. The van der Waals surface area contributed by atoms with Crippen LogP contribution in [0.5, 0.6) is 0 Å². The summed E-state index contributed by atoms with van der Waals surface area (Å²) in [5, 5.41) is 0.178. The van der Waals surface area contributed by atoms with E-state index in [-0.39, 0.29) is 22.7 Å². The first kappa shape index (κ1) is 15.8. The van der Waals surface area contributed by atoms with Crippen LogP contribution in [0.3, 0.4) is 0 Å². The monoisotopic (exact) mass is 268 g/mol. The van der Waals surface area contributed by atoms with Gasteiger partial charge in [-0.2, -0.15) is 11.8 Å². The molecule has 0 rings (SSSR count). The number of esters is 1. The average molecular weight is 268 g/mol. The number of carbonyl (C=O) groups excluding carboxylic acids is 1. The zero-order valence-electron chi connectivity index (χ0n) is 10.1. The molecule has 0 spiro atoms. The standard InChI is InChI=1S/C10H20O4S2/c1-4-16(12,13)7-5-6-15-9(2)8-10(11)14-3/h9H,4-8H2,1-3H3. The number of thioether (sulfide) groups is 1. The molecule has 0 aliphatic carbocycles. The normalized spacial score (nSPS) is 13.4. The van der Waals surface area contributed by atoms with Gasteiger partial charge in [0.1, 0.15) is 9.84 Å². The van der Waals surface area contributed by atoms with E-state index in [1.54, 1.807) is 18.7 Å². The molecule has 1 atom stereocenters. The van der Waals surface area contributed by atoms with Crippen molar-refractivity contribution < 1.29 is 17.9 Å². The largest absolute Gasteiger partial charge is 0.469 e. The molecule has 6 heteroatoms. The smallest absolute Gasteiger partial charge is 0.306 e. The summed E-state index contributed by atoms with van der Waals surface area (Å²) in [6.45, 7) is 3.60. The van der Waals surface area contributed by atoms with Crippen LogP contribution < -0.4 is 0 Å². The molecule has 0 saturated carbocycles. The van der Waals surface area contributed by atoms with Gasteiger partial charge < -0.3 is 4.74 Å². The Morgan fingerprint density at radius 2 is 2.06 bits per heavy atom. The number of ether oxygens (including phenoxy) is 1. The van der Waals surface area contributed by atoms with Gasteiger partial charge in [0.15, 0.2) is 0 Å². The molecule has 0 bridgehead atoms. The minimum absolute atomic E-state index is 0.178. The lowest BCUT2D eigenvalue weighted by Gasteiger charge is -2.09. The Morgan fingerprint density at radius 1 is 1.44 bits per heavy atom. The lowest BCUT2D eigenvalue weighted by Crippen LogP contribution is -2.11. The van der Waals surface area contributed by atoms with E-state index in [1.807, 2.05) is 6.92 Å². The van der Waals surface area contributed by atoms with Gasteiger partial charge >= 0.3 is 5.97 Å². The van der Waals surface area contributed by atoms with Crippen LogP contribution in [0.2, 0.25) is 0 Å². The van der Waals surface area contributed by atoms with Gasteiger partial charge in [-0.1, -0.05) is 13.8 Å². The lowest BCUT2D eigenvalue weighted by molar-refractivity contribution is -0.140. The van der Waals surface area contributed by atoms with Crippen molar-refractivity contribution in [3.8, 4) is 0 Å². The maximum atomic E-state index is 11.2. The number of hydrogen-bond donors (Lipinski definition) is 0. The van der Waals surface area contributed by atoms with Gasteiger partial charge in [-0.3, -0.25) is 4.79 Å². The van der Waals surface area contributed by atoms with Crippen LogP contribution in [0.1, 0.15) is 26.7 Å². The van der Waals surface area contributed by atoms with Crippen molar-refractivity contribution in [1.29, 1.82) is 0 Å². The predicted molar refractivity (Wildman–Crippen MR) is 67.5 cm³/mol. The molecule has 16 heavy (non-hydrogen) atoms. The minimum atomic E-state index is -2.85. The van der Waals surface area contributed by atoms with Gasteiger partial charge in [0.2, 0.25) is 0 Å². The van der Waals surface area contributed by atoms with Crippen molar-refractivity contribution in [2.24, 2.45) is 0 Å². The van der Waals surface area contributed by atoms with Gasteiger partial charge in [0.05, 0.1) is 19.3 Å². The van der Waals surface area contributed by atoms with Crippen LogP contribution in [0.25, 0.3) is 0 Å². The summed E-state index contributed by atoms with van der Waals surface area (Å²) < 4.78 is 26.9. The highest BCUT2D eigenvalue weighted by Gasteiger charge is 2.11. The number of rotatable bonds is 8. The molecular formula is C10H20O4S2. The van der Waals surface area contributed by atoms with E-state index < -0.39 is 9.84 Å². The van der Waals surface area contributed by atoms with Crippen molar-refractivity contribution in [2.45, 2.75) is 31.9 Å². The maximum absolute atomic E-state index is 11.2. The summed E-state index contributed by atoms with van der Waals surface area (Å²) in [5.41, 5.74) is 0. The van der Waals surface area contributed by atoms with Crippen molar-refractivity contribution in [3.05, 3.63) is 0 Å². The fourth-order valence-electron chi connectivity index (χ4n) is 1.08. The van der Waals surface area contributed by atoms with Gasteiger partial charge in [0.25, 0.3) is 0 Å². The molecule has 0 heterocycles. The van der Waals surface area contributed by atoms with Crippen LogP contribution in [0, 0.1) is 0 Å². The Balaban J connectivity index is 3.63. The molecule has 96 valence electrons. The van der Waals surface area contributed by atoms with E-state index in [0.29, 0.717) is 12.8 Å². The zero-order chi connectivity index (χ0) is 12.6. The second-order valence-corrected chi connectivity index (χ2v) is 7.57. The van der Waals surface area contributed by atoms with E-state index in [2.05, 4.69) is 4.74 Å². The third kappa shape index (κ3) is 7.98. The maximum Gasteiger partial charge on any atom is 0.306 e. The summed E-state index contributed by atoms with van der Waals surface area (Å²) in [7, 11) is -1.48. The zero-order valence-corrected chi connectivity index (χ0v) is 11.7. The summed E-state index contributed by atoms with van der Waals surface area (Å²) in [6, 6.07) is 0. The van der Waals surface area contributed by atoms with Crippen molar-refractivity contribution in [2.75, 3.05) is 24.4 Å². The molecule has 0 amide bonds. The first-order valence-electron chi connectivity index (χ1n) is 5.30. The van der Waals surface area contributed by atoms with Crippen LogP contribution in [-0.2, 0) is 19.4 Å². The van der Waals surface area contributed by atoms with E-state index in [0.717, 1.165) is 5.75 Å². The first-order valence-corrected chi connectivity index (χ1v) is 8.17. The van der Waals surface area contributed by atoms with Crippen molar-refractivity contribution in [1.82, 2.24) is 0 Å². The molecule has 0 aliphatic heterocycles. The molecule has 4 nitrogen and oxygen atoms in total. The van der Waals surface area contributed by atoms with Crippen molar-refractivity contribution in [3.63, 3.8) is 0 Å². The van der Waals surface area contributed by atoms with Gasteiger partial charge in [0, 0.05) is 11.0 Å². The highest BCUT2D eigenvalue weighted by atomic mass is 32.2. The quantitative estimate of drug-likeness (QED) is 0.493. The lowest BCUT2D eigenvalue weighted by atomic mass is 10.3. The van der Waals surface area contributed by atoms with E-state index in [4.69, 9.17) is 0 Å². The van der Waals surface area contributed by atoms with E-state index in [1.165, 1.54) is 7.11 Å². The van der Waals surface area contributed by atoms with Crippen LogP contribution >= 0.6 is 11.8 Å². The van der Waals surface area contributed by atoms with Gasteiger partial charge in [-0.15, -0.1) is 0 Å². The first-order chi connectivity index (χ1) is 7.41. The number of carbonyl (C=O) groups is 1. The summed E-state index contributed by atoms with van der Waals surface area (Å²) in [4.78, 5) is 10.9. The molecule has 1 unspecified atom stereocenters. The summed E-state index contributed by atoms with van der Waals surface area (Å²) in [5.74, 6) is 0.981. The summed E-state index contributed by atoms with van der Waals surface area (Å²) in [6.07, 6.45) is 1.02. The molecule has 0 saturated heterocycles. The van der Waals surface area contributed by atoms with E-state index >= 15 is 0 Å². The molecule has 0 aromatic rings. The Labute approximate surface area is 102 Å². The molecule has 0 aliphatic rings. The molecule has 0 aromatic heterocycles. The molecule has 0 aromatic carbocycles. The van der Waals surface area contributed by atoms with Gasteiger partial charge in [-0.05, 0) is 12.2 Å². The third-order valence-electron chi connectivity index (χ3n) is 2.12. The van der Waals surface area contributed by atoms with Crippen LogP contribution in [0.4, 0.5) is 0 Å². The number of hydrogen-bond acceptors (Lipinski definition) is 5. The summed E-state index contributed by atoms with van der Waals surface area (Å²) >= 11 is 1.61. The highest BCUT2D eigenvalue weighted by molar-refractivity contribution is 7.99. The van der Waals surface area contributed by atoms with Crippen molar-refractivity contribution >= 4 is 27.6 Å². The van der Waals surface area contributed by atoms with Gasteiger partial charge in [-0.25, -0.2) is 8.42 Å². The average Bonchev–Trinajstić information content (AvgIpc) is 2.24. The molecule has 0 fully saturated rings. The molecular weight excluding hydrogens is 248 g/mol. The highest BCUT2D eigenvalue weighted by Crippen LogP contribution is 2.15.